The van der Waals surface area contributed by atoms with Crippen LogP contribution in [0.3, 0.4) is 0 Å². The van der Waals surface area contributed by atoms with Crippen LogP contribution in [0.25, 0.3) is 0 Å². The van der Waals surface area contributed by atoms with E-state index in [1.54, 1.807) is 4.90 Å². The van der Waals surface area contributed by atoms with Crippen LogP contribution in [0.4, 0.5) is 0 Å². The summed E-state index contributed by atoms with van der Waals surface area (Å²) in [6, 6.07) is 9.53. The van der Waals surface area contributed by atoms with Crippen LogP contribution in [0.5, 0.6) is 0 Å². The van der Waals surface area contributed by atoms with Crippen molar-refractivity contribution in [1.29, 1.82) is 0 Å². The van der Waals surface area contributed by atoms with E-state index in [9.17, 15) is 14.7 Å². The number of carbonyl (C=O) groups excluding carboxylic acids is 1. The highest BCUT2D eigenvalue weighted by Gasteiger charge is 2.37. The van der Waals surface area contributed by atoms with Gasteiger partial charge in [0.1, 0.15) is 6.04 Å². The van der Waals surface area contributed by atoms with E-state index in [4.69, 9.17) is 0 Å². The molecule has 2 fully saturated rings. The van der Waals surface area contributed by atoms with Crippen molar-refractivity contribution in [3.63, 3.8) is 0 Å². The first-order valence-electron chi connectivity index (χ1n) is 8.55. The van der Waals surface area contributed by atoms with E-state index in [1.165, 1.54) is 0 Å². The summed E-state index contributed by atoms with van der Waals surface area (Å²) in [7, 11) is 2.09. The molecule has 2 aliphatic heterocycles. The molecule has 0 radical (unpaired) electrons. The zero-order chi connectivity index (χ0) is 17.1. The van der Waals surface area contributed by atoms with E-state index in [1.807, 2.05) is 30.3 Å². The third kappa shape index (κ3) is 3.60. The van der Waals surface area contributed by atoms with Crippen LogP contribution < -0.4 is 0 Å². The van der Waals surface area contributed by atoms with Crippen molar-refractivity contribution in [3.8, 4) is 0 Å². The molecule has 1 amide bonds. The number of aliphatic carboxylic acids is 1. The zero-order valence-electron chi connectivity index (χ0n) is 14.1. The van der Waals surface area contributed by atoms with Gasteiger partial charge in [-0.25, -0.2) is 0 Å². The number of likely N-dealkylation sites (N-methyl/N-ethyl adjacent to an activating group) is 1. The molecule has 2 atom stereocenters. The molecule has 3 rings (SSSR count). The Labute approximate surface area is 142 Å². The molecule has 2 heterocycles. The van der Waals surface area contributed by atoms with Gasteiger partial charge in [-0.2, -0.15) is 0 Å². The minimum atomic E-state index is -0.804. The molecule has 0 saturated carbocycles. The number of likely N-dealkylation sites (tertiary alicyclic amines) is 1. The van der Waals surface area contributed by atoms with E-state index in [-0.39, 0.29) is 11.9 Å². The molecule has 130 valence electrons. The minimum absolute atomic E-state index is 0.0366. The summed E-state index contributed by atoms with van der Waals surface area (Å²) in [4.78, 5) is 30.6. The lowest BCUT2D eigenvalue weighted by Gasteiger charge is -2.38. The molecule has 6 nitrogen and oxygen atoms in total. The summed E-state index contributed by atoms with van der Waals surface area (Å²) in [5, 5.41) is 9.19. The number of carbonyl (C=O) groups is 2. The first kappa shape index (κ1) is 16.9. The Balaban J connectivity index is 1.79. The number of carboxylic acids is 1. The number of benzene rings is 1. The van der Waals surface area contributed by atoms with Gasteiger partial charge in [-0.15, -0.1) is 0 Å². The van der Waals surface area contributed by atoms with Gasteiger partial charge in [0.05, 0.1) is 5.92 Å². The van der Waals surface area contributed by atoms with Crippen LogP contribution in [-0.2, 0) is 9.59 Å². The van der Waals surface area contributed by atoms with Crippen LogP contribution in [0.2, 0.25) is 0 Å². The summed E-state index contributed by atoms with van der Waals surface area (Å²) in [6.45, 7) is 4.43. The number of carboxylic acid groups (broad SMARTS) is 1. The normalized spacial score (nSPS) is 24.0. The van der Waals surface area contributed by atoms with Crippen molar-refractivity contribution in [2.75, 3.05) is 46.3 Å². The lowest BCUT2D eigenvalue weighted by molar-refractivity contribution is -0.142. The number of hydrogen-bond acceptors (Lipinski definition) is 4. The summed E-state index contributed by atoms with van der Waals surface area (Å²) in [5.41, 5.74) is 0.992. The third-order valence-corrected chi connectivity index (χ3v) is 5.10. The van der Waals surface area contributed by atoms with Gasteiger partial charge in [0.25, 0.3) is 0 Å². The standard InChI is InChI=1S/C18H25N3O3/c1-19-9-11-20(12-10-19)16(14-5-3-2-4-6-14)17(22)21-8-7-15(13-21)18(23)24/h2-6,15-16H,7-13H2,1H3,(H,23,24)/t15-,16+/m1/s1. The number of hydrogen-bond donors (Lipinski definition) is 1. The summed E-state index contributed by atoms with van der Waals surface area (Å²) in [6.07, 6.45) is 0.547. The zero-order valence-corrected chi connectivity index (χ0v) is 14.1. The number of nitrogens with zero attached hydrogens (tertiary/aromatic N) is 3. The second-order valence-corrected chi connectivity index (χ2v) is 6.76. The minimum Gasteiger partial charge on any atom is -0.481 e. The Morgan fingerprint density at radius 3 is 2.33 bits per heavy atom. The van der Waals surface area contributed by atoms with Crippen molar-refractivity contribution in [2.24, 2.45) is 5.92 Å². The van der Waals surface area contributed by atoms with E-state index >= 15 is 0 Å². The van der Waals surface area contributed by atoms with E-state index in [0.29, 0.717) is 19.5 Å². The van der Waals surface area contributed by atoms with Gasteiger partial charge in [0, 0.05) is 39.3 Å². The topological polar surface area (TPSA) is 64.1 Å². The molecule has 24 heavy (non-hydrogen) atoms. The van der Waals surface area contributed by atoms with E-state index in [2.05, 4.69) is 16.8 Å². The van der Waals surface area contributed by atoms with Gasteiger partial charge in [0.15, 0.2) is 0 Å². The summed E-state index contributed by atoms with van der Waals surface area (Å²) >= 11 is 0. The molecule has 1 aromatic rings. The van der Waals surface area contributed by atoms with Gasteiger partial charge in [-0.05, 0) is 19.0 Å². The number of rotatable bonds is 4. The Kier molecular flexibility index (Phi) is 5.16. The first-order chi connectivity index (χ1) is 11.6. The molecule has 0 aromatic heterocycles. The molecule has 0 spiro atoms. The smallest absolute Gasteiger partial charge is 0.308 e. The molecular formula is C18H25N3O3. The fourth-order valence-corrected chi connectivity index (χ4v) is 3.56. The van der Waals surface area contributed by atoms with E-state index in [0.717, 1.165) is 31.7 Å². The third-order valence-electron chi connectivity index (χ3n) is 5.10. The van der Waals surface area contributed by atoms with Gasteiger partial charge in [-0.3, -0.25) is 14.5 Å². The molecule has 1 N–H and O–H groups in total. The van der Waals surface area contributed by atoms with Crippen molar-refractivity contribution in [2.45, 2.75) is 12.5 Å². The fourth-order valence-electron chi connectivity index (χ4n) is 3.56. The SMILES string of the molecule is CN1CCN([C@H](C(=O)N2CC[C@@H](C(=O)O)C2)c2ccccc2)CC1. The highest BCUT2D eigenvalue weighted by atomic mass is 16.4. The molecule has 1 aromatic carbocycles. The predicted molar refractivity (Wildman–Crippen MR) is 90.6 cm³/mol. The Morgan fingerprint density at radius 1 is 1.08 bits per heavy atom. The Morgan fingerprint density at radius 2 is 1.75 bits per heavy atom. The van der Waals surface area contributed by atoms with Crippen molar-refractivity contribution < 1.29 is 14.7 Å². The lowest BCUT2D eigenvalue weighted by atomic mass is 10.0. The van der Waals surface area contributed by atoms with Crippen LogP contribution in [0.1, 0.15) is 18.0 Å². The fraction of sp³-hybridized carbons (Fsp3) is 0.556. The predicted octanol–water partition coefficient (Wildman–Crippen LogP) is 0.908. The highest BCUT2D eigenvalue weighted by molar-refractivity contribution is 5.84. The van der Waals surface area contributed by atoms with Crippen LogP contribution in [0.15, 0.2) is 30.3 Å². The maximum Gasteiger partial charge on any atom is 0.308 e. The van der Waals surface area contributed by atoms with Crippen LogP contribution in [-0.4, -0.2) is 78.0 Å². The largest absolute Gasteiger partial charge is 0.481 e. The lowest BCUT2D eigenvalue weighted by Crippen LogP contribution is -2.50. The van der Waals surface area contributed by atoms with Crippen molar-refractivity contribution in [1.82, 2.24) is 14.7 Å². The monoisotopic (exact) mass is 331 g/mol. The van der Waals surface area contributed by atoms with Gasteiger partial charge in [0.2, 0.25) is 5.91 Å². The molecule has 6 heteroatoms. The van der Waals surface area contributed by atoms with Crippen molar-refractivity contribution in [3.05, 3.63) is 35.9 Å². The summed E-state index contributed by atoms with van der Waals surface area (Å²) in [5.74, 6) is -1.20. The molecule has 2 saturated heterocycles. The van der Waals surface area contributed by atoms with Gasteiger partial charge in [-0.1, -0.05) is 30.3 Å². The Bertz CT molecular complexity index is 584. The van der Waals surface area contributed by atoms with Crippen LogP contribution >= 0.6 is 0 Å². The second kappa shape index (κ2) is 7.32. The van der Waals surface area contributed by atoms with Crippen molar-refractivity contribution >= 4 is 11.9 Å². The molecular weight excluding hydrogens is 306 g/mol. The number of piperazine rings is 1. The molecule has 0 bridgehead atoms. The number of amides is 1. The average molecular weight is 331 g/mol. The molecule has 0 unspecified atom stereocenters. The Hall–Kier alpha value is -1.92. The van der Waals surface area contributed by atoms with Gasteiger partial charge < -0.3 is 14.9 Å². The molecule has 2 aliphatic rings. The maximum absolute atomic E-state index is 13.2. The average Bonchev–Trinajstić information content (AvgIpc) is 3.08. The van der Waals surface area contributed by atoms with Gasteiger partial charge >= 0.3 is 5.97 Å². The summed E-state index contributed by atoms with van der Waals surface area (Å²) < 4.78 is 0. The highest BCUT2D eigenvalue weighted by Crippen LogP contribution is 2.27. The second-order valence-electron chi connectivity index (χ2n) is 6.76. The maximum atomic E-state index is 13.2. The quantitative estimate of drug-likeness (QED) is 0.888. The first-order valence-corrected chi connectivity index (χ1v) is 8.55. The molecule has 0 aliphatic carbocycles. The van der Waals surface area contributed by atoms with Crippen LogP contribution in [0, 0.1) is 5.92 Å². The van der Waals surface area contributed by atoms with E-state index < -0.39 is 11.9 Å².